The lowest BCUT2D eigenvalue weighted by Gasteiger charge is -2.32. The third kappa shape index (κ3) is 2.93. The van der Waals surface area contributed by atoms with Gasteiger partial charge in [-0.15, -0.1) is 0 Å². The molecule has 3 rings (SSSR count). The maximum Gasteiger partial charge on any atom is 0.161 e. The number of fused-ring (bicyclic) bond motifs is 1. The molecule has 2 aliphatic rings. The highest BCUT2D eigenvalue weighted by molar-refractivity contribution is 8.14. The summed E-state index contributed by atoms with van der Waals surface area (Å²) >= 11 is 1.83. The van der Waals surface area contributed by atoms with Crippen LogP contribution in [0.4, 0.5) is 5.69 Å². The van der Waals surface area contributed by atoms with E-state index in [9.17, 15) is 0 Å². The number of nitriles is 1. The number of nitrogens with zero attached hydrogens (tertiary/aromatic N) is 2. The van der Waals surface area contributed by atoms with E-state index in [1.54, 1.807) is 0 Å². The van der Waals surface area contributed by atoms with E-state index in [1.807, 2.05) is 36.0 Å². The van der Waals surface area contributed by atoms with Gasteiger partial charge in [0, 0.05) is 11.4 Å². The third-order valence-electron chi connectivity index (χ3n) is 3.85. The minimum Gasteiger partial charge on any atom is -0.335 e. The van der Waals surface area contributed by atoms with E-state index in [1.165, 1.54) is 31.4 Å². The molecule has 0 saturated heterocycles. The molecule has 1 aliphatic carbocycles. The molecular formula is C15H17N3S. The Morgan fingerprint density at radius 2 is 2.00 bits per heavy atom. The second kappa shape index (κ2) is 5.66. The molecule has 1 saturated carbocycles. The van der Waals surface area contributed by atoms with Gasteiger partial charge in [-0.25, -0.2) is 0 Å². The highest BCUT2D eigenvalue weighted by atomic mass is 32.2. The van der Waals surface area contributed by atoms with Gasteiger partial charge in [0.15, 0.2) is 5.17 Å². The monoisotopic (exact) mass is 271 g/mol. The number of nitrogens with one attached hydrogen (secondary N) is 1. The minimum atomic E-state index is 0.524. The Balaban J connectivity index is 1.69. The van der Waals surface area contributed by atoms with Crippen molar-refractivity contribution in [1.82, 2.24) is 0 Å². The summed E-state index contributed by atoms with van der Waals surface area (Å²) in [5, 5.41) is 13.2. The largest absolute Gasteiger partial charge is 0.335 e. The van der Waals surface area contributed by atoms with E-state index in [2.05, 4.69) is 11.4 Å². The number of anilines is 1. The molecule has 0 amide bonds. The Bertz CT molecular complexity index is 515. The van der Waals surface area contributed by atoms with Gasteiger partial charge in [0.25, 0.3) is 0 Å². The number of aliphatic imine (C=N–C) groups is 1. The van der Waals surface area contributed by atoms with Crippen molar-refractivity contribution >= 4 is 22.6 Å². The summed E-state index contributed by atoms with van der Waals surface area (Å²) in [6, 6.07) is 10.2. The van der Waals surface area contributed by atoms with E-state index in [0.717, 1.165) is 16.8 Å². The molecular weight excluding hydrogens is 254 g/mol. The van der Waals surface area contributed by atoms with Gasteiger partial charge < -0.3 is 5.32 Å². The number of rotatable bonds is 1. The first kappa shape index (κ1) is 12.6. The molecule has 1 N–H and O–H groups in total. The van der Waals surface area contributed by atoms with Crippen molar-refractivity contribution in [2.24, 2.45) is 10.9 Å². The van der Waals surface area contributed by atoms with Gasteiger partial charge in [-0.1, -0.05) is 24.6 Å². The van der Waals surface area contributed by atoms with Crippen molar-refractivity contribution in [3.63, 3.8) is 0 Å². The molecule has 2 unspecified atom stereocenters. The second-order valence-corrected chi connectivity index (χ2v) is 6.18. The second-order valence-electron chi connectivity index (χ2n) is 5.17. The average molecular weight is 271 g/mol. The van der Waals surface area contributed by atoms with Crippen LogP contribution < -0.4 is 5.32 Å². The summed E-state index contributed by atoms with van der Waals surface area (Å²) in [5.41, 5.74) is 1.70. The van der Waals surface area contributed by atoms with E-state index in [0.29, 0.717) is 11.6 Å². The molecule has 0 spiro atoms. The maximum absolute atomic E-state index is 8.78. The van der Waals surface area contributed by atoms with Crippen LogP contribution in [-0.4, -0.2) is 17.0 Å². The molecule has 1 fully saturated rings. The predicted octanol–water partition coefficient (Wildman–Crippen LogP) is 3.63. The van der Waals surface area contributed by atoms with Gasteiger partial charge in [0.05, 0.1) is 17.7 Å². The molecule has 1 aliphatic heterocycles. The minimum absolute atomic E-state index is 0.524. The van der Waals surface area contributed by atoms with Gasteiger partial charge >= 0.3 is 0 Å². The Kier molecular flexibility index (Phi) is 3.74. The van der Waals surface area contributed by atoms with Crippen molar-refractivity contribution < 1.29 is 0 Å². The summed E-state index contributed by atoms with van der Waals surface area (Å²) in [4.78, 5) is 4.85. The van der Waals surface area contributed by atoms with Crippen molar-refractivity contribution in [2.75, 3.05) is 11.1 Å². The summed E-state index contributed by atoms with van der Waals surface area (Å²) in [5.74, 6) is 1.97. The fourth-order valence-electron chi connectivity index (χ4n) is 2.75. The lowest BCUT2D eigenvalue weighted by molar-refractivity contribution is 0.336. The molecule has 0 aromatic heterocycles. The van der Waals surface area contributed by atoms with Crippen LogP contribution in [0.3, 0.4) is 0 Å². The Morgan fingerprint density at radius 1 is 1.21 bits per heavy atom. The zero-order chi connectivity index (χ0) is 13.1. The first-order valence-corrected chi connectivity index (χ1v) is 7.81. The molecule has 19 heavy (non-hydrogen) atoms. The van der Waals surface area contributed by atoms with Crippen molar-refractivity contribution in [3.8, 4) is 6.07 Å². The van der Waals surface area contributed by atoms with Crippen LogP contribution >= 0.6 is 11.8 Å². The molecule has 2 atom stereocenters. The Hall–Kier alpha value is -1.47. The van der Waals surface area contributed by atoms with E-state index < -0.39 is 0 Å². The van der Waals surface area contributed by atoms with Crippen molar-refractivity contribution in [2.45, 2.75) is 31.7 Å². The number of amidine groups is 1. The topological polar surface area (TPSA) is 48.2 Å². The highest BCUT2D eigenvalue weighted by Crippen LogP contribution is 2.34. The normalized spacial score (nSPS) is 25.9. The van der Waals surface area contributed by atoms with Crippen LogP contribution in [0.1, 0.15) is 31.2 Å². The first-order chi connectivity index (χ1) is 9.35. The van der Waals surface area contributed by atoms with Gasteiger partial charge in [0.1, 0.15) is 0 Å². The fourth-order valence-corrected chi connectivity index (χ4v) is 3.91. The van der Waals surface area contributed by atoms with Crippen LogP contribution in [0.15, 0.2) is 29.3 Å². The van der Waals surface area contributed by atoms with Gasteiger partial charge in [0.2, 0.25) is 0 Å². The SMILES string of the molecule is N#Cc1ccc(NC2=NC3CCCCC3CS2)cc1. The number of hydrogen-bond acceptors (Lipinski definition) is 4. The van der Waals surface area contributed by atoms with Gasteiger partial charge in [-0.05, 0) is 43.0 Å². The van der Waals surface area contributed by atoms with E-state index >= 15 is 0 Å². The van der Waals surface area contributed by atoms with Crippen LogP contribution in [-0.2, 0) is 0 Å². The van der Waals surface area contributed by atoms with Crippen LogP contribution in [0.5, 0.6) is 0 Å². The van der Waals surface area contributed by atoms with Crippen molar-refractivity contribution in [1.29, 1.82) is 5.26 Å². The molecule has 98 valence electrons. The van der Waals surface area contributed by atoms with Gasteiger partial charge in [-0.3, -0.25) is 4.99 Å². The molecule has 1 aromatic rings. The van der Waals surface area contributed by atoms with Crippen LogP contribution in [0, 0.1) is 17.2 Å². The zero-order valence-electron chi connectivity index (χ0n) is 10.8. The standard InChI is InChI=1S/C15H17N3S/c16-9-11-5-7-13(8-6-11)17-15-18-14-4-2-1-3-12(14)10-19-15/h5-8,12,14H,1-4,10H2,(H,17,18). The van der Waals surface area contributed by atoms with E-state index in [-0.39, 0.29) is 0 Å². The molecule has 1 aromatic carbocycles. The molecule has 0 bridgehead atoms. The lowest BCUT2D eigenvalue weighted by atomic mass is 9.86. The third-order valence-corrected chi connectivity index (χ3v) is 4.93. The highest BCUT2D eigenvalue weighted by Gasteiger charge is 2.28. The number of benzene rings is 1. The predicted molar refractivity (Wildman–Crippen MR) is 80.4 cm³/mol. The fraction of sp³-hybridized carbons (Fsp3) is 0.467. The average Bonchev–Trinajstić information content (AvgIpc) is 2.48. The Labute approximate surface area is 118 Å². The van der Waals surface area contributed by atoms with Gasteiger partial charge in [-0.2, -0.15) is 5.26 Å². The van der Waals surface area contributed by atoms with Crippen molar-refractivity contribution in [3.05, 3.63) is 29.8 Å². The molecule has 1 heterocycles. The summed E-state index contributed by atoms with van der Waals surface area (Å²) in [7, 11) is 0. The lowest BCUT2D eigenvalue weighted by Crippen LogP contribution is -2.31. The molecule has 4 heteroatoms. The maximum atomic E-state index is 8.78. The summed E-state index contributed by atoms with van der Waals surface area (Å²) in [6.45, 7) is 0. The zero-order valence-corrected chi connectivity index (χ0v) is 11.6. The first-order valence-electron chi connectivity index (χ1n) is 6.83. The molecule has 3 nitrogen and oxygen atoms in total. The summed E-state index contributed by atoms with van der Waals surface area (Å²) < 4.78 is 0. The van der Waals surface area contributed by atoms with Crippen LogP contribution in [0.25, 0.3) is 0 Å². The Morgan fingerprint density at radius 3 is 2.79 bits per heavy atom. The van der Waals surface area contributed by atoms with E-state index in [4.69, 9.17) is 10.3 Å². The molecule has 0 radical (unpaired) electrons. The smallest absolute Gasteiger partial charge is 0.161 e. The quantitative estimate of drug-likeness (QED) is 0.848. The number of hydrogen-bond donors (Lipinski definition) is 1. The number of thioether (sulfide) groups is 1. The summed E-state index contributed by atoms with van der Waals surface area (Å²) in [6.07, 6.45) is 5.27. The van der Waals surface area contributed by atoms with Crippen LogP contribution in [0.2, 0.25) is 0 Å².